The number of amides is 1. The lowest BCUT2D eigenvalue weighted by atomic mass is 10.0. The van der Waals surface area contributed by atoms with Crippen LogP contribution in [0.1, 0.15) is 47.0 Å². The predicted molar refractivity (Wildman–Crippen MR) is 72.3 cm³/mol. The van der Waals surface area contributed by atoms with Crippen molar-refractivity contribution in [1.29, 1.82) is 0 Å². The lowest BCUT2D eigenvalue weighted by molar-refractivity contribution is -0.133. The highest BCUT2D eigenvalue weighted by Crippen LogP contribution is 2.11. The summed E-state index contributed by atoms with van der Waals surface area (Å²) in [6.45, 7) is 8.89. The van der Waals surface area contributed by atoms with Crippen molar-refractivity contribution < 1.29 is 4.79 Å². The maximum Gasteiger partial charge on any atom is 0.223 e. The van der Waals surface area contributed by atoms with Gasteiger partial charge in [-0.3, -0.25) is 4.79 Å². The minimum absolute atomic E-state index is 0.209. The Bertz CT molecular complexity index is 241. The molecule has 0 aromatic heterocycles. The van der Waals surface area contributed by atoms with Crippen molar-refractivity contribution >= 4 is 23.1 Å². The van der Waals surface area contributed by atoms with E-state index in [-0.39, 0.29) is 11.9 Å². The van der Waals surface area contributed by atoms with Crippen LogP contribution in [0.2, 0.25) is 0 Å². The van der Waals surface area contributed by atoms with Crippen molar-refractivity contribution in [3.05, 3.63) is 0 Å². The van der Waals surface area contributed by atoms with Crippen molar-refractivity contribution in [3.8, 4) is 0 Å². The van der Waals surface area contributed by atoms with Crippen LogP contribution in [0.25, 0.3) is 0 Å². The summed E-state index contributed by atoms with van der Waals surface area (Å²) >= 11 is 4.84. The first-order valence-electron chi connectivity index (χ1n) is 5.96. The predicted octanol–water partition coefficient (Wildman–Crippen LogP) is 2.34. The van der Waals surface area contributed by atoms with Gasteiger partial charge in [0, 0.05) is 25.4 Å². The highest BCUT2D eigenvalue weighted by atomic mass is 32.1. The average molecular weight is 244 g/mol. The van der Waals surface area contributed by atoms with E-state index in [2.05, 4.69) is 13.8 Å². The lowest BCUT2D eigenvalue weighted by Gasteiger charge is -2.27. The minimum atomic E-state index is 0.209. The normalized spacial score (nSPS) is 12.6. The first-order chi connectivity index (χ1) is 7.38. The standard InChI is InChI=1S/C12H24N2OS/c1-5-10(4)8-12(15)14(9(2)3)7-6-11(13)16/h9-10H,5-8H2,1-4H3,(H2,13,16). The van der Waals surface area contributed by atoms with Crippen LogP contribution >= 0.6 is 12.2 Å². The van der Waals surface area contributed by atoms with Gasteiger partial charge in [-0.15, -0.1) is 0 Å². The molecule has 0 fully saturated rings. The summed E-state index contributed by atoms with van der Waals surface area (Å²) in [5, 5.41) is 0. The van der Waals surface area contributed by atoms with Gasteiger partial charge >= 0.3 is 0 Å². The third kappa shape index (κ3) is 6.05. The number of nitrogens with two attached hydrogens (primary N) is 1. The molecule has 1 amide bonds. The number of carbonyl (C=O) groups excluding carboxylic acids is 1. The molecule has 0 aromatic rings. The third-order valence-electron chi connectivity index (χ3n) is 2.76. The molecule has 0 aliphatic carbocycles. The summed E-state index contributed by atoms with van der Waals surface area (Å²) in [7, 11) is 0. The topological polar surface area (TPSA) is 46.3 Å². The second-order valence-electron chi connectivity index (χ2n) is 4.61. The molecule has 0 saturated carbocycles. The van der Waals surface area contributed by atoms with Crippen LogP contribution in [0.15, 0.2) is 0 Å². The SMILES string of the molecule is CCC(C)CC(=O)N(CCC(N)=S)C(C)C. The molecule has 16 heavy (non-hydrogen) atoms. The maximum absolute atomic E-state index is 12.0. The molecule has 94 valence electrons. The molecule has 1 atom stereocenters. The van der Waals surface area contributed by atoms with E-state index in [0.717, 1.165) is 6.42 Å². The summed E-state index contributed by atoms with van der Waals surface area (Å²) in [5.41, 5.74) is 5.46. The van der Waals surface area contributed by atoms with E-state index in [1.54, 1.807) is 0 Å². The molecular weight excluding hydrogens is 220 g/mol. The third-order valence-corrected chi connectivity index (χ3v) is 2.97. The minimum Gasteiger partial charge on any atom is -0.393 e. The number of nitrogens with zero attached hydrogens (tertiary/aromatic N) is 1. The number of hydrogen-bond donors (Lipinski definition) is 1. The fourth-order valence-electron chi connectivity index (χ4n) is 1.46. The zero-order valence-corrected chi connectivity index (χ0v) is 11.6. The van der Waals surface area contributed by atoms with Crippen LogP contribution in [-0.4, -0.2) is 28.4 Å². The zero-order valence-electron chi connectivity index (χ0n) is 10.8. The van der Waals surface area contributed by atoms with E-state index in [1.807, 2.05) is 18.7 Å². The molecule has 0 heterocycles. The quantitative estimate of drug-likeness (QED) is 0.699. The molecule has 0 saturated heterocycles. The van der Waals surface area contributed by atoms with Crippen molar-refractivity contribution in [2.24, 2.45) is 11.7 Å². The van der Waals surface area contributed by atoms with Crippen LogP contribution in [0.5, 0.6) is 0 Å². The largest absolute Gasteiger partial charge is 0.393 e. The monoisotopic (exact) mass is 244 g/mol. The highest BCUT2D eigenvalue weighted by molar-refractivity contribution is 7.80. The van der Waals surface area contributed by atoms with Gasteiger partial charge in [-0.2, -0.15) is 0 Å². The van der Waals surface area contributed by atoms with E-state index >= 15 is 0 Å². The molecule has 0 spiro atoms. The lowest BCUT2D eigenvalue weighted by Crippen LogP contribution is -2.39. The molecule has 1 unspecified atom stereocenters. The van der Waals surface area contributed by atoms with E-state index in [1.165, 1.54) is 0 Å². The van der Waals surface area contributed by atoms with Crippen molar-refractivity contribution in [3.63, 3.8) is 0 Å². The number of hydrogen-bond acceptors (Lipinski definition) is 2. The molecular formula is C12H24N2OS. The summed E-state index contributed by atoms with van der Waals surface area (Å²) in [5.74, 6) is 0.652. The Kier molecular flexibility index (Phi) is 7.30. The average Bonchev–Trinajstić information content (AvgIpc) is 2.16. The molecule has 0 bridgehead atoms. The van der Waals surface area contributed by atoms with Crippen LogP contribution in [0, 0.1) is 5.92 Å². The van der Waals surface area contributed by atoms with Gasteiger partial charge < -0.3 is 10.6 Å². The number of thiocarbonyl (C=S) groups is 1. The molecule has 0 aliphatic rings. The van der Waals surface area contributed by atoms with Gasteiger partial charge in [0.1, 0.15) is 0 Å². The molecule has 0 aromatic carbocycles. The van der Waals surface area contributed by atoms with Crippen molar-refractivity contribution in [2.75, 3.05) is 6.54 Å². The second kappa shape index (κ2) is 7.60. The Hall–Kier alpha value is -0.640. The van der Waals surface area contributed by atoms with Crippen LogP contribution in [0.4, 0.5) is 0 Å². The van der Waals surface area contributed by atoms with Gasteiger partial charge in [-0.05, 0) is 19.8 Å². The van der Waals surface area contributed by atoms with Crippen LogP contribution in [-0.2, 0) is 4.79 Å². The van der Waals surface area contributed by atoms with E-state index in [9.17, 15) is 4.79 Å². The Morgan fingerprint density at radius 1 is 1.38 bits per heavy atom. The molecule has 0 rings (SSSR count). The Morgan fingerprint density at radius 3 is 2.31 bits per heavy atom. The Balaban J connectivity index is 4.29. The van der Waals surface area contributed by atoms with Gasteiger partial charge in [-0.25, -0.2) is 0 Å². The molecule has 4 heteroatoms. The maximum atomic E-state index is 12.0. The molecule has 0 aliphatic heterocycles. The number of rotatable bonds is 7. The Morgan fingerprint density at radius 2 is 1.94 bits per heavy atom. The van der Waals surface area contributed by atoms with E-state index < -0.39 is 0 Å². The first kappa shape index (κ1) is 15.4. The summed E-state index contributed by atoms with van der Waals surface area (Å²) in [6.07, 6.45) is 2.26. The zero-order chi connectivity index (χ0) is 12.7. The van der Waals surface area contributed by atoms with Gasteiger partial charge in [0.25, 0.3) is 0 Å². The van der Waals surface area contributed by atoms with E-state index in [0.29, 0.717) is 30.3 Å². The molecule has 0 radical (unpaired) electrons. The first-order valence-corrected chi connectivity index (χ1v) is 6.37. The van der Waals surface area contributed by atoms with E-state index in [4.69, 9.17) is 18.0 Å². The summed E-state index contributed by atoms with van der Waals surface area (Å²) in [4.78, 5) is 14.3. The molecule has 2 N–H and O–H groups in total. The summed E-state index contributed by atoms with van der Waals surface area (Å²) < 4.78 is 0. The van der Waals surface area contributed by atoms with Gasteiger partial charge in [-0.1, -0.05) is 32.5 Å². The van der Waals surface area contributed by atoms with Gasteiger partial charge in [0.15, 0.2) is 0 Å². The summed E-state index contributed by atoms with van der Waals surface area (Å²) in [6, 6.07) is 0.214. The fraction of sp³-hybridized carbons (Fsp3) is 0.833. The van der Waals surface area contributed by atoms with Gasteiger partial charge in [0.05, 0.1) is 4.99 Å². The number of carbonyl (C=O) groups is 1. The van der Waals surface area contributed by atoms with Crippen LogP contribution in [0.3, 0.4) is 0 Å². The van der Waals surface area contributed by atoms with Crippen LogP contribution < -0.4 is 5.73 Å². The fourth-order valence-corrected chi connectivity index (χ4v) is 1.55. The highest BCUT2D eigenvalue weighted by Gasteiger charge is 2.18. The van der Waals surface area contributed by atoms with Crippen molar-refractivity contribution in [2.45, 2.75) is 53.0 Å². The van der Waals surface area contributed by atoms with Crippen molar-refractivity contribution in [1.82, 2.24) is 4.90 Å². The Labute approximate surface area is 104 Å². The second-order valence-corrected chi connectivity index (χ2v) is 5.14. The van der Waals surface area contributed by atoms with Gasteiger partial charge in [0.2, 0.25) is 5.91 Å². The molecule has 3 nitrogen and oxygen atoms in total. The smallest absolute Gasteiger partial charge is 0.223 e.